The summed E-state index contributed by atoms with van der Waals surface area (Å²) in [6, 6.07) is 4.83. The Morgan fingerprint density at radius 1 is 1.50 bits per heavy atom. The Labute approximate surface area is 104 Å². The monoisotopic (exact) mass is 261 g/mol. The molecule has 1 aromatic rings. The van der Waals surface area contributed by atoms with Crippen LogP contribution in [0.2, 0.25) is 10.0 Å². The van der Waals surface area contributed by atoms with Gasteiger partial charge >= 0.3 is 0 Å². The second-order valence-electron chi connectivity index (χ2n) is 3.40. The number of halogens is 2. The van der Waals surface area contributed by atoms with Crippen LogP contribution in [0.5, 0.6) is 0 Å². The molecule has 0 aliphatic rings. The minimum Gasteiger partial charge on any atom is -0.396 e. The third-order valence-corrected chi connectivity index (χ3v) is 2.83. The van der Waals surface area contributed by atoms with Gasteiger partial charge in [-0.25, -0.2) is 0 Å². The lowest BCUT2D eigenvalue weighted by Gasteiger charge is -2.13. The van der Waals surface area contributed by atoms with Gasteiger partial charge in [0.15, 0.2) is 0 Å². The fourth-order valence-corrected chi connectivity index (χ4v) is 1.56. The zero-order valence-corrected chi connectivity index (χ0v) is 10.3. The highest BCUT2D eigenvalue weighted by atomic mass is 35.5. The lowest BCUT2D eigenvalue weighted by Crippen LogP contribution is -2.25. The Morgan fingerprint density at radius 3 is 2.75 bits per heavy atom. The first kappa shape index (κ1) is 13.3. The van der Waals surface area contributed by atoms with Crippen molar-refractivity contribution < 1.29 is 9.90 Å². The van der Waals surface area contributed by atoms with Crippen LogP contribution < -0.4 is 5.32 Å². The van der Waals surface area contributed by atoms with Crippen molar-refractivity contribution in [3.63, 3.8) is 0 Å². The lowest BCUT2D eigenvalue weighted by molar-refractivity contribution is -0.121. The number of benzene rings is 1. The summed E-state index contributed by atoms with van der Waals surface area (Å²) < 4.78 is 0. The number of rotatable bonds is 4. The molecule has 0 aliphatic heterocycles. The largest absolute Gasteiger partial charge is 0.396 e. The molecule has 3 nitrogen and oxygen atoms in total. The molecule has 0 saturated heterocycles. The lowest BCUT2D eigenvalue weighted by atomic mass is 10.1. The maximum Gasteiger partial charge on any atom is 0.229 e. The molecule has 1 rings (SSSR count). The van der Waals surface area contributed by atoms with E-state index in [1.165, 1.54) is 0 Å². The standard InChI is InChI=1S/C11H13Cl2NO2/c1-2-7(6-15)11(16)14-10-5-8(12)3-4-9(10)13/h3-5,7,15H,2,6H2,1H3,(H,14,16). The minimum atomic E-state index is -0.421. The molecule has 0 saturated carbocycles. The van der Waals surface area contributed by atoms with Crippen molar-refractivity contribution in [1.29, 1.82) is 0 Å². The van der Waals surface area contributed by atoms with E-state index in [0.29, 0.717) is 22.2 Å². The van der Waals surface area contributed by atoms with Crippen molar-refractivity contribution in [3.8, 4) is 0 Å². The zero-order chi connectivity index (χ0) is 12.1. The van der Waals surface area contributed by atoms with Gasteiger partial charge in [0.05, 0.1) is 23.2 Å². The number of nitrogens with one attached hydrogen (secondary N) is 1. The van der Waals surface area contributed by atoms with Crippen molar-refractivity contribution in [3.05, 3.63) is 28.2 Å². The predicted octanol–water partition coefficient (Wildman–Crippen LogP) is 2.95. The molecule has 88 valence electrons. The molecule has 1 aromatic carbocycles. The van der Waals surface area contributed by atoms with E-state index in [2.05, 4.69) is 5.32 Å². The molecule has 0 bridgehead atoms. The number of hydrogen-bond acceptors (Lipinski definition) is 2. The molecule has 0 spiro atoms. The Kier molecular flexibility index (Phi) is 5.06. The first-order valence-corrected chi connectivity index (χ1v) is 5.70. The van der Waals surface area contributed by atoms with Gasteiger partial charge in [0, 0.05) is 5.02 Å². The van der Waals surface area contributed by atoms with Crippen LogP contribution in [0.25, 0.3) is 0 Å². The number of aliphatic hydroxyl groups is 1. The second kappa shape index (κ2) is 6.09. The summed E-state index contributed by atoms with van der Waals surface area (Å²) in [4.78, 5) is 11.7. The summed E-state index contributed by atoms with van der Waals surface area (Å²) in [5.74, 6) is -0.677. The molecule has 1 unspecified atom stereocenters. The highest BCUT2D eigenvalue weighted by Gasteiger charge is 2.16. The Balaban J connectivity index is 2.80. The molecule has 0 heterocycles. The number of carbonyl (C=O) groups excluding carboxylic acids is 1. The van der Waals surface area contributed by atoms with E-state index >= 15 is 0 Å². The van der Waals surface area contributed by atoms with Crippen LogP contribution in [-0.2, 0) is 4.79 Å². The molecule has 0 fully saturated rings. The van der Waals surface area contributed by atoms with E-state index in [9.17, 15) is 4.79 Å². The van der Waals surface area contributed by atoms with Crippen molar-refractivity contribution in [2.24, 2.45) is 5.92 Å². The van der Waals surface area contributed by atoms with Crippen LogP contribution in [0.1, 0.15) is 13.3 Å². The van der Waals surface area contributed by atoms with Crippen LogP contribution in [0.4, 0.5) is 5.69 Å². The van der Waals surface area contributed by atoms with Gasteiger partial charge in [-0.3, -0.25) is 4.79 Å². The summed E-state index contributed by atoms with van der Waals surface area (Å²) in [5.41, 5.74) is 0.464. The summed E-state index contributed by atoms with van der Waals surface area (Å²) in [5, 5.41) is 12.5. The van der Waals surface area contributed by atoms with Gasteiger partial charge in [0.25, 0.3) is 0 Å². The van der Waals surface area contributed by atoms with Crippen molar-refractivity contribution in [1.82, 2.24) is 0 Å². The average Bonchev–Trinajstić information content (AvgIpc) is 2.25. The summed E-state index contributed by atoms with van der Waals surface area (Å²) in [6.45, 7) is 1.65. The van der Waals surface area contributed by atoms with Crippen molar-refractivity contribution in [2.75, 3.05) is 11.9 Å². The van der Waals surface area contributed by atoms with Crippen molar-refractivity contribution in [2.45, 2.75) is 13.3 Å². The zero-order valence-electron chi connectivity index (χ0n) is 8.84. The van der Waals surface area contributed by atoms with Gasteiger partial charge in [0.2, 0.25) is 5.91 Å². The summed E-state index contributed by atoms with van der Waals surface area (Å²) in [6.07, 6.45) is 0.570. The topological polar surface area (TPSA) is 49.3 Å². The van der Waals surface area contributed by atoms with Gasteiger partial charge in [-0.05, 0) is 24.6 Å². The molecule has 0 radical (unpaired) electrons. The molecule has 1 atom stereocenters. The second-order valence-corrected chi connectivity index (χ2v) is 4.24. The molecule has 2 N–H and O–H groups in total. The van der Waals surface area contributed by atoms with Gasteiger partial charge < -0.3 is 10.4 Å². The highest BCUT2D eigenvalue weighted by Crippen LogP contribution is 2.25. The molecule has 16 heavy (non-hydrogen) atoms. The van der Waals surface area contributed by atoms with E-state index in [-0.39, 0.29) is 12.5 Å². The average molecular weight is 262 g/mol. The Morgan fingerprint density at radius 2 is 2.19 bits per heavy atom. The van der Waals surface area contributed by atoms with Gasteiger partial charge in [-0.1, -0.05) is 30.1 Å². The van der Waals surface area contributed by atoms with Crippen LogP contribution in [-0.4, -0.2) is 17.6 Å². The van der Waals surface area contributed by atoms with Crippen LogP contribution in [0, 0.1) is 5.92 Å². The first-order chi connectivity index (χ1) is 7.58. The van der Waals surface area contributed by atoms with E-state index in [4.69, 9.17) is 28.3 Å². The molecule has 1 amide bonds. The number of amides is 1. The molecule has 0 aromatic heterocycles. The molecular formula is C11H13Cl2NO2. The SMILES string of the molecule is CCC(CO)C(=O)Nc1cc(Cl)ccc1Cl. The van der Waals surface area contributed by atoms with Gasteiger partial charge in [-0.2, -0.15) is 0 Å². The molecule has 5 heteroatoms. The Bertz CT molecular complexity index is 378. The van der Waals surface area contributed by atoms with E-state index in [0.717, 1.165) is 0 Å². The maximum absolute atomic E-state index is 11.7. The van der Waals surface area contributed by atoms with Crippen molar-refractivity contribution >= 4 is 34.8 Å². The Hall–Kier alpha value is -0.770. The smallest absolute Gasteiger partial charge is 0.229 e. The number of carbonyl (C=O) groups is 1. The fraction of sp³-hybridized carbons (Fsp3) is 0.364. The summed E-state index contributed by atoms with van der Waals surface area (Å²) in [7, 11) is 0. The minimum absolute atomic E-state index is 0.180. The number of anilines is 1. The van der Waals surface area contributed by atoms with Gasteiger partial charge in [0.1, 0.15) is 0 Å². The predicted molar refractivity (Wildman–Crippen MR) is 66.0 cm³/mol. The third-order valence-electron chi connectivity index (χ3n) is 2.27. The van der Waals surface area contributed by atoms with Crippen LogP contribution in [0.3, 0.4) is 0 Å². The van der Waals surface area contributed by atoms with Crippen LogP contribution in [0.15, 0.2) is 18.2 Å². The fourth-order valence-electron chi connectivity index (χ4n) is 1.23. The maximum atomic E-state index is 11.7. The van der Waals surface area contributed by atoms with Gasteiger partial charge in [-0.15, -0.1) is 0 Å². The molecule has 0 aliphatic carbocycles. The normalized spacial score (nSPS) is 12.2. The first-order valence-electron chi connectivity index (χ1n) is 4.95. The number of aliphatic hydroxyl groups excluding tert-OH is 1. The summed E-state index contributed by atoms with van der Waals surface area (Å²) >= 11 is 11.7. The van der Waals surface area contributed by atoms with E-state index in [1.807, 2.05) is 6.92 Å². The quantitative estimate of drug-likeness (QED) is 0.876. The number of hydrogen-bond donors (Lipinski definition) is 2. The third kappa shape index (κ3) is 3.37. The van der Waals surface area contributed by atoms with E-state index < -0.39 is 5.92 Å². The van der Waals surface area contributed by atoms with Crippen LogP contribution >= 0.6 is 23.2 Å². The van der Waals surface area contributed by atoms with E-state index in [1.54, 1.807) is 18.2 Å². The highest BCUT2D eigenvalue weighted by molar-refractivity contribution is 6.35. The molecular weight excluding hydrogens is 249 g/mol.